The van der Waals surface area contributed by atoms with Gasteiger partial charge in [-0.05, 0) is 43.7 Å². The Morgan fingerprint density at radius 3 is 2.79 bits per heavy atom. The Morgan fingerprint density at radius 2 is 2.16 bits per heavy atom. The molecule has 104 valence electrons. The maximum atomic E-state index is 11.8. The zero-order valence-electron chi connectivity index (χ0n) is 10.6. The van der Waals surface area contributed by atoms with Crippen molar-refractivity contribution in [1.82, 2.24) is 10.3 Å². The minimum atomic E-state index is -0.262. The summed E-state index contributed by atoms with van der Waals surface area (Å²) in [6, 6.07) is 3.33. The molecule has 1 aliphatic rings. The molecule has 0 bridgehead atoms. The van der Waals surface area contributed by atoms with Gasteiger partial charge in [0.25, 0.3) is 0 Å². The van der Waals surface area contributed by atoms with E-state index in [9.17, 15) is 4.79 Å². The number of rotatable bonds is 3. The number of urea groups is 1. The Morgan fingerprint density at radius 1 is 1.42 bits per heavy atom. The summed E-state index contributed by atoms with van der Waals surface area (Å²) in [5.74, 6) is 0.383. The average molecular weight is 284 g/mol. The maximum absolute atomic E-state index is 11.8. The minimum Gasteiger partial charge on any atom is -0.396 e. The molecule has 1 heterocycles. The molecule has 3 N–H and O–H groups in total. The van der Waals surface area contributed by atoms with Crippen LogP contribution >= 0.6 is 11.6 Å². The Labute approximate surface area is 117 Å². The second kappa shape index (κ2) is 6.73. The van der Waals surface area contributed by atoms with Gasteiger partial charge in [-0.15, -0.1) is 0 Å². The third-order valence-corrected chi connectivity index (χ3v) is 3.75. The Hall–Kier alpha value is -1.33. The van der Waals surface area contributed by atoms with E-state index >= 15 is 0 Å². The predicted octanol–water partition coefficient (Wildman–Crippen LogP) is 2.41. The van der Waals surface area contributed by atoms with Gasteiger partial charge in [-0.1, -0.05) is 11.6 Å². The van der Waals surface area contributed by atoms with E-state index < -0.39 is 0 Å². The number of amides is 2. The standard InChI is InChI=1S/C13H18ClN3O2/c14-12-11(2-1-7-15-12)17-13(19)16-10-5-3-9(8-18)4-6-10/h1-2,7,9-10,18H,3-6,8H2,(H2,16,17,19). The summed E-state index contributed by atoms with van der Waals surface area (Å²) in [5.41, 5.74) is 0.505. The lowest BCUT2D eigenvalue weighted by Gasteiger charge is -2.27. The molecule has 0 aliphatic heterocycles. The van der Waals surface area contributed by atoms with Crippen LogP contribution < -0.4 is 10.6 Å². The zero-order chi connectivity index (χ0) is 13.7. The van der Waals surface area contributed by atoms with Crippen molar-refractivity contribution >= 4 is 23.3 Å². The molecule has 0 aromatic carbocycles. The molecule has 1 aliphatic carbocycles. The van der Waals surface area contributed by atoms with Crippen LogP contribution in [-0.2, 0) is 0 Å². The van der Waals surface area contributed by atoms with Crippen LogP contribution in [0.1, 0.15) is 25.7 Å². The fourth-order valence-electron chi connectivity index (χ4n) is 2.31. The molecular weight excluding hydrogens is 266 g/mol. The van der Waals surface area contributed by atoms with Gasteiger partial charge in [0.2, 0.25) is 0 Å². The van der Waals surface area contributed by atoms with E-state index in [0.717, 1.165) is 25.7 Å². The monoisotopic (exact) mass is 283 g/mol. The number of carbonyl (C=O) groups is 1. The van der Waals surface area contributed by atoms with Crippen molar-refractivity contribution in [1.29, 1.82) is 0 Å². The van der Waals surface area contributed by atoms with E-state index in [1.807, 2.05) is 0 Å². The van der Waals surface area contributed by atoms with E-state index in [-0.39, 0.29) is 23.8 Å². The Bertz CT molecular complexity index is 434. The topological polar surface area (TPSA) is 74.2 Å². The molecule has 0 radical (unpaired) electrons. The second-order valence-corrected chi connectivity index (χ2v) is 5.20. The zero-order valence-corrected chi connectivity index (χ0v) is 11.4. The van der Waals surface area contributed by atoms with Crippen molar-refractivity contribution in [2.45, 2.75) is 31.7 Å². The van der Waals surface area contributed by atoms with Gasteiger partial charge < -0.3 is 15.7 Å². The van der Waals surface area contributed by atoms with Crippen LogP contribution in [-0.4, -0.2) is 28.8 Å². The number of aromatic nitrogens is 1. The molecule has 19 heavy (non-hydrogen) atoms. The summed E-state index contributed by atoms with van der Waals surface area (Å²) < 4.78 is 0. The van der Waals surface area contributed by atoms with Gasteiger partial charge in [0.15, 0.2) is 5.15 Å². The fourth-order valence-corrected chi connectivity index (χ4v) is 2.48. The van der Waals surface area contributed by atoms with Crippen LogP contribution in [0.5, 0.6) is 0 Å². The van der Waals surface area contributed by atoms with Crippen molar-refractivity contribution < 1.29 is 9.90 Å². The van der Waals surface area contributed by atoms with Crippen LogP contribution in [0.4, 0.5) is 10.5 Å². The quantitative estimate of drug-likeness (QED) is 0.746. The first-order chi connectivity index (χ1) is 9.19. The first-order valence-electron chi connectivity index (χ1n) is 6.48. The van der Waals surface area contributed by atoms with Crippen molar-refractivity contribution in [3.8, 4) is 0 Å². The largest absolute Gasteiger partial charge is 0.396 e. The highest BCUT2D eigenvalue weighted by atomic mass is 35.5. The highest BCUT2D eigenvalue weighted by Gasteiger charge is 2.21. The van der Waals surface area contributed by atoms with E-state index in [2.05, 4.69) is 15.6 Å². The van der Waals surface area contributed by atoms with Gasteiger partial charge >= 0.3 is 6.03 Å². The number of hydrogen-bond donors (Lipinski definition) is 3. The van der Waals surface area contributed by atoms with Gasteiger partial charge in [0.1, 0.15) is 0 Å². The van der Waals surface area contributed by atoms with Gasteiger partial charge in [0, 0.05) is 18.8 Å². The molecule has 5 nitrogen and oxygen atoms in total. The number of hydrogen-bond acceptors (Lipinski definition) is 3. The molecule has 1 fully saturated rings. The number of nitrogens with zero attached hydrogens (tertiary/aromatic N) is 1. The minimum absolute atomic E-state index is 0.165. The molecule has 6 heteroatoms. The van der Waals surface area contributed by atoms with Crippen molar-refractivity contribution in [2.75, 3.05) is 11.9 Å². The highest BCUT2D eigenvalue weighted by Crippen LogP contribution is 2.24. The van der Waals surface area contributed by atoms with Gasteiger partial charge in [0.05, 0.1) is 5.69 Å². The number of nitrogens with one attached hydrogen (secondary N) is 2. The maximum Gasteiger partial charge on any atom is 0.319 e. The molecule has 1 aromatic rings. The summed E-state index contributed by atoms with van der Waals surface area (Å²) in [6.07, 6.45) is 5.28. The van der Waals surface area contributed by atoms with E-state index in [0.29, 0.717) is 11.6 Å². The Balaban J connectivity index is 1.81. The van der Waals surface area contributed by atoms with Crippen LogP contribution in [0.25, 0.3) is 0 Å². The highest BCUT2D eigenvalue weighted by molar-refractivity contribution is 6.32. The van der Waals surface area contributed by atoms with E-state index in [4.69, 9.17) is 16.7 Å². The normalized spacial score (nSPS) is 22.8. The number of anilines is 1. The van der Waals surface area contributed by atoms with E-state index in [1.54, 1.807) is 18.3 Å². The first kappa shape index (κ1) is 14.1. The average Bonchev–Trinajstić information content (AvgIpc) is 2.42. The fraction of sp³-hybridized carbons (Fsp3) is 0.538. The third-order valence-electron chi connectivity index (χ3n) is 3.45. The molecule has 1 saturated carbocycles. The lowest BCUT2D eigenvalue weighted by Crippen LogP contribution is -2.40. The number of aliphatic hydroxyl groups is 1. The first-order valence-corrected chi connectivity index (χ1v) is 6.85. The van der Waals surface area contributed by atoms with Crippen LogP contribution in [0, 0.1) is 5.92 Å². The van der Waals surface area contributed by atoms with Crippen LogP contribution in [0.3, 0.4) is 0 Å². The van der Waals surface area contributed by atoms with Crippen molar-refractivity contribution in [2.24, 2.45) is 5.92 Å². The SMILES string of the molecule is O=C(Nc1cccnc1Cl)NC1CCC(CO)CC1. The number of halogens is 1. The van der Waals surface area contributed by atoms with Gasteiger partial charge in [-0.2, -0.15) is 0 Å². The smallest absolute Gasteiger partial charge is 0.319 e. The molecular formula is C13H18ClN3O2. The van der Waals surface area contributed by atoms with Crippen molar-refractivity contribution in [3.63, 3.8) is 0 Å². The molecule has 2 amide bonds. The summed E-state index contributed by atoms with van der Waals surface area (Å²) in [6.45, 7) is 0.240. The van der Waals surface area contributed by atoms with Crippen LogP contribution in [0.2, 0.25) is 5.15 Å². The lowest BCUT2D eigenvalue weighted by atomic mass is 9.87. The van der Waals surface area contributed by atoms with Crippen LogP contribution in [0.15, 0.2) is 18.3 Å². The molecule has 0 saturated heterocycles. The van der Waals surface area contributed by atoms with E-state index in [1.165, 1.54) is 0 Å². The summed E-state index contributed by atoms with van der Waals surface area (Å²) in [4.78, 5) is 15.7. The Kier molecular flexibility index (Phi) is 4.99. The summed E-state index contributed by atoms with van der Waals surface area (Å²) in [5, 5.41) is 15.0. The summed E-state index contributed by atoms with van der Waals surface area (Å²) in [7, 11) is 0. The molecule has 2 rings (SSSR count). The van der Waals surface area contributed by atoms with Gasteiger partial charge in [-0.3, -0.25) is 0 Å². The number of aliphatic hydroxyl groups excluding tert-OH is 1. The molecule has 1 aromatic heterocycles. The van der Waals surface area contributed by atoms with Gasteiger partial charge in [-0.25, -0.2) is 9.78 Å². The van der Waals surface area contributed by atoms with Crippen molar-refractivity contribution in [3.05, 3.63) is 23.5 Å². The molecule has 0 spiro atoms. The number of pyridine rings is 1. The molecule has 0 unspecified atom stereocenters. The second-order valence-electron chi connectivity index (χ2n) is 4.84. The summed E-state index contributed by atoms with van der Waals surface area (Å²) >= 11 is 5.87. The predicted molar refractivity (Wildman–Crippen MR) is 74.2 cm³/mol. The number of carbonyl (C=O) groups excluding carboxylic acids is 1. The molecule has 0 atom stereocenters. The lowest BCUT2D eigenvalue weighted by molar-refractivity contribution is 0.176. The third kappa shape index (κ3) is 4.08.